The molecule has 1 aliphatic heterocycles. The molecule has 2 nitrogen and oxygen atoms in total. The minimum atomic E-state index is 0.590. The van der Waals surface area contributed by atoms with E-state index in [1.807, 2.05) is 24.3 Å². The molecule has 0 saturated heterocycles. The predicted octanol–water partition coefficient (Wildman–Crippen LogP) is 6.29. The third-order valence-corrected chi connectivity index (χ3v) is 6.05. The molecule has 4 heteroatoms. The van der Waals surface area contributed by atoms with E-state index in [9.17, 15) is 0 Å². The minimum Gasteiger partial charge on any atom is -0.487 e. The van der Waals surface area contributed by atoms with Crippen molar-refractivity contribution in [3.63, 3.8) is 0 Å². The lowest BCUT2D eigenvalue weighted by molar-refractivity contribution is 0.306. The van der Waals surface area contributed by atoms with E-state index in [1.54, 1.807) is 11.3 Å². The van der Waals surface area contributed by atoms with Gasteiger partial charge in [-0.15, -0.1) is 11.3 Å². The van der Waals surface area contributed by atoms with E-state index in [-0.39, 0.29) is 0 Å². The quantitative estimate of drug-likeness (QED) is 0.379. The van der Waals surface area contributed by atoms with Gasteiger partial charge in [-0.05, 0) is 29.0 Å². The molecule has 0 spiro atoms. The summed E-state index contributed by atoms with van der Waals surface area (Å²) in [5, 5.41) is 3.40. The zero-order chi connectivity index (χ0) is 16.1. The van der Waals surface area contributed by atoms with Crippen molar-refractivity contribution in [1.82, 2.24) is 4.98 Å². The fourth-order valence-corrected chi connectivity index (χ4v) is 4.64. The van der Waals surface area contributed by atoms with Gasteiger partial charge in [0.2, 0.25) is 0 Å². The van der Waals surface area contributed by atoms with Gasteiger partial charge >= 0.3 is 0 Å². The molecule has 0 N–H and O–H groups in total. The summed E-state index contributed by atoms with van der Waals surface area (Å²) in [5.41, 5.74) is 3.32. The van der Waals surface area contributed by atoms with E-state index in [2.05, 4.69) is 52.3 Å². The molecule has 1 aliphatic rings. The maximum absolute atomic E-state index is 6.00. The van der Waals surface area contributed by atoms with Crippen LogP contribution in [0, 0.1) is 0 Å². The van der Waals surface area contributed by atoms with Gasteiger partial charge in [-0.1, -0.05) is 58.4 Å². The van der Waals surface area contributed by atoms with Gasteiger partial charge in [-0.2, -0.15) is 0 Å². The van der Waals surface area contributed by atoms with E-state index in [1.165, 1.54) is 15.6 Å². The highest BCUT2D eigenvalue weighted by atomic mass is 79.9. The molecule has 0 bridgehead atoms. The van der Waals surface area contributed by atoms with Gasteiger partial charge in [-0.25, -0.2) is 4.98 Å². The van der Waals surface area contributed by atoms with Crippen LogP contribution < -0.4 is 4.74 Å². The smallest absolute Gasteiger partial charge is 0.129 e. The summed E-state index contributed by atoms with van der Waals surface area (Å²) >= 11 is 5.36. The minimum absolute atomic E-state index is 0.590. The first kappa shape index (κ1) is 14.2. The fourth-order valence-electron chi connectivity index (χ4n) is 3.16. The fraction of sp³-hybridized carbons (Fsp3) is 0.0500. The maximum Gasteiger partial charge on any atom is 0.129 e. The Kier molecular flexibility index (Phi) is 3.21. The monoisotopic (exact) mass is 393 g/mol. The molecule has 0 radical (unpaired) electrons. The molecule has 0 aliphatic carbocycles. The van der Waals surface area contributed by atoms with Gasteiger partial charge in [0.05, 0.1) is 16.1 Å². The van der Waals surface area contributed by atoms with Crippen molar-refractivity contribution in [1.29, 1.82) is 0 Å². The van der Waals surface area contributed by atoms with Crippen molar-refractivity contribution in [2.45, 2.75) is 6.61 Å². The van der Waals surface area contributed by atoms with Crippen LogP contribution in [-0.4, -0.2) is 4.98 Å². The summed E-state index contributed by atoms with van der Waals surface area (Å²) in [7, 11) is 0. The third kappa shape index (κ3) is 2.10. The Morgan fingerprint density at radius 1 is 0.917 bits per heavy atom. The molecule has 24 heavy (non-hydrogen) atoms. The van der Waals surface area contributed by atoms with Crippen LogP contribution in [0.15, 0.2) is 65.1 Å². The maximum atomic E-state index is 6.00. The van der Waals surface area contributed by atoms with Crippen molar-refractivity contribution in [2.75, 3.05) is 0 Å². The number of fused-ring (bicyclic) bond motifs is 5. The molecule has 0 saturated carbocycles. The Morgan fingerprint density at radius 3 is 2.67 bits per heavy atom. The van der Waals surface area contributed by atoms with E-state index < -0.39 is 0 Å². The Bertz CT molecular complexity index is 1070. The lowest BCUT2D eigenvalue weighted by Gasteiger charge is -2.18. The van der Waals surface area contributed by atoms with E-state index in [0.717, 1.165) is 32.1 Å². The molecular weight excluding hydrogens is 382 g/mol. The number of aromatic nitrogens is 1. The number of hydrogen-bond donors (Lipinski definition) is 0. The number of nitrogens with zero attached hydrogens (tertiary/aromatic N) is 1. The first-order valence-corrected chi connectivity index (χ1v) is 9.32. The van der Waals surface area contributed by atoms with Gasteiger partial charge in [0, 0.05) is 10.0 Å². The summed E-state index contributed by atoms with van der Waals surface area (Å²) in [6, 6.07) is 20.7. The molecule has 0 amide bonds. The van der Waals surface area contributed by atoms with Crippen molar-refractivity contribution < 1.29 is 4.74 Å². The van der Waals surface area contributed by atoms with Gasteiger partial charge in [0.1, 0.15) is 17.4 Å². The largest absolute Gasteiger partial charge is 0.487 e. The van der Waals surface area contributed by atoms with E-state index in [4.69, 9.17) is 9.72 Å². The summed E-state index contributed by atoms with van der Waals surface area (Å²) in [6.45, 7) is 0.590. The highest BCUT2D eigenvalue weighted by molar-refractivity contribution is 9.10. The van der Waals surface area contributed by atoms with Crippen LogP contribution >= 0.6 is 27.3 Å². The molecule has 2 heterocycles. The van der Waals surface area contributed by atoms with Crippen LogP contribution in [0.3, 0.4) is 0 Å². The Balaban J connectivity index is 1.79. The number of hydrogen-bond acceptors (Lipinski definition) is 3. The molecular formula is C20H12BrNOS. The summed E-state index contributed by atoms with van der Waals surface area (Å²) in [6.07, 6.45) is 0. The summed E-state index contributed by atoms with van der Waals surface area (Å²) in [4.78, 5) is 6.15. The van der Waals surface area contributed by atoms with Gasteiger partial charge in [0.15, 0.2) is 0 Å². The Morgan fingerprint density at radius 2 is 1.79 bits per heavy atom. The first-order valence-electron chi connectivity index (χ1n) is 7.71. The van der Waals surface area contributed by atoms with Crippen molar-refractivity contribution in [3.05, 3.63) is 70.0 Å². The molecule has 5 rings (SSSR count). The van der Waals surface area contributed by atoms with Crippen LogP contribution in [0.25, 0.3) is 32.6 Å². The summed E-state index contributed by atoms with van der Waals surface area (Å²) < 4.78 is 7.09. The molecule has 0 fully saturated rings. The molecule has 3 aromatic carbocycles. The second-order valence-corrected chi connectivity index (χ2v) is 7.66. The van der Waals surface area contributed by atoms with Crippen LogP contribution in [-0.2, 0) is 6.61 Å². The normalized spacial score (nSPS) is 12.5. The van der Waals surface area contributed by atoms with Gasteiger partial charge in [-0.3, -0.25) is 0 Å². The van der Waals surface area contributed by atoms with Crippen molar-refractivity contribution in [2.24, 2.45) is 0 Å². The zero-order valence-corrected chi connectivity index (χ0v) is 15.0. The average molecular weight is 394 g/mol. The number of rotatable bonds is 1. The van der Waals surface area contributed by atoms with E-state index in [0.29, 0.717) is 6.61 Å². The van der Waals surface area contributed by atoms with Crippen molar-refractivity contribution >= 4 is 38.0 Å². The molecule has 0 atom stereocenters. The van der Waals surface area contributed by atoms with Gasteiger partial charge in [0.25, 0.3) is 0 Å². The third-order valence-electron chi connectivity index (χ3n) is 4.28. The van der Waals surface area contributed by atoms with E-state index >= 15 is 0 Å². The Hall–Kier alpha value is -2.17. The summed E-state index contributed by atoms with van der Waals surface area (Å²) in [5.74, 6) is 0.915. The number of ether oxygens (including phenoxy) is 1. The van der Waals surface area contributed by atoms with Crippen molar-refractivity contribution in [3.8, 4) is 27.6 Å². The lowest BCUT2D eigenvalue weighted by Crippen LogP contribution is -2.03. The highest BCUT2D eigenvalue weighted by Crippen LogP contribution is 2.46. The van der Waals surface area contributed by atoms with Crippen LogP contribution in [0.1, 0.15) is 4.88 Å². The Labute approximate surface area is 151 Å². The molecule has 4 aromatic rings. The lowest BCUT2D eigenvalue weighted by atomic mass is 9.99. The zero-order valence-electron chi connectivity index (χ0n) is 12.6. The van der Waals surface area contributed by atoms with Crippen LogP contribution in [0.2, 0.25) is 0 Å². The van der Waals surface area contributed by atoms with Crippen LogP contribution in [0.4, 0.5) is 0 Å². The molecule has 1 aromatic heterocycles. The van der Waals surface area contributed by atoms with Gasteiger partial charge < -0.3 is 4.74 Å². The standard InChI is InChI=1S/C20H12BrNOS/c21-15-8-4-7-14-13(15)9-10-16-18(14)19-17(11-23-16)24-20(22-19)12-5-2-1-3-6-12/h1-10H,11H2. The second kappa shape index (κ2) is 5.43. The average Bonchev–Trinajstić information content (AvgIpc) is 3.07. The SMILES string of the molecule is Brc1cccc2c3c(ccc12)OCc1sc(-c2ccccc2)nc1-3. The number of benzene rings is 3. The number of thiazole rings is 1. The predicted molar refractivity (Wildman–Crippen MR) is 103 cm³/mol. The highest BCUT2D eigenvalue weighted by Gasteiger charge is 2.24. The molecule has 116 valence electrons. The first-order chi connectivity index (χ1) is 11.8. The van der Waals surface area contributed by atoms with Crippen LogP contribution in [0.5, 0.6) is 5.75 Å². The topological polar surface area (TPSA) is 22.1 Å². The second-order valence-electron chi connectivity index (χ2n) is 5.72. The number of halogens is 1. The molecule has 0 unspecified atom stereocenters.